The molecule has 0 radical (unpaired) electrons. The summed E-state index contributed by atoms with van der Waals surface area (Å²) in [7, 11) is 0. The summed E-state index contributed by atoms with van der Waals surface area (Å²) in [6.07, 6.45) is 1.30. The van der Waals surface area contributed by atoms with Gasteiger partial charge in [0.15, 0.2) is 18.1 Å². The first kappa shape index (κ1) is 12.3. The van der Waals surface area contributed by atoms with Gasteiger partial charge in [0.2, 0.25) is 0 Å². The zero-order valence-electron chi connectivity index (χ0n) is 11.2. The highest BCUT2D eigenvalue weighted by atomic mass is 16.5. The first-order valence-corrected chi connectivity index (χ1v) is 6.90. The Morgan fingerprint density at radius 1 is 1.21 bits per heavy atom. The molecular weight excluding hydrogens is 242 g/mol. The van der Waals surface area contributed by atoms with Crippen LogP contribution in [0, 0.1) is 11.8 Å². The van der Waals surface area contributed by atoms with Gasteiger partial charge in [-0.3, -0.25) is 4.79 Å². The van der Waals surface area contributed by atoms with Crippen LogP contribution in [0.15, 0.2) is 24.3 Å². The molecule has 2 fully saturated rings. The standard InChI is InChI=1S/C15H19NO3/c1-2-18-13-5-3-4-6-14(13)19-10-15(17)16-8-11-7-12(11)9-16/h3-6,11-12H,2,7-10H2,1H3. The molecule has 2 aliphatic rings. The van der Waals surface area contributed by atoms with Crippen LogP contribution in [0.4, 0.5) is 0 Å². The number of benzene rings is 1. The third-order valence-corrected chi connectivity index (χ3v) is 3.83. The number of ether oxygens (including phenoxy) is 2. The van der Waals surface area contributed by atoms with Gasteiger partial charge in [-0.25, -0.2) is 0 Å². The van der Waals surface area contributed by atoms with Crippen LogP contribution in [-0.2, 0) is 4.79 Å². The first-order valence-electron chi connectivity index (χ1n) is 6.90. The Balaban J connectivity index is 1.55. The van der Waals surface area contributed by atoms with E-state index in [1.165, 1.54) is 6.42 Å². The summed E-state index contributed by atoms with van der Waals surface area (Å²) in [6.45, 7) is 4.45. The lowest BCUT2D eigenvalue weighted by molar-refractivity contribution is -0.132. The predicted molar refractivity (Wildman–Crippen MR) is 71.3 cm³/mol. The minimum absolute atomic E-state index is 0.0819. The topological polar surface area (TPSA) is 38.8 Å². The molecule has 1 saturated carbocycles. The number of amides is 1. The van der Waals surface area contributed by atoms with Crippen LogP contribution in [0.25, 0.3) is 0 Å². The van der Waals surface area contributed by atoms with Gasteiger partial charge in [0, 0.05) is 13.1 Å². The molecule has 4 heteroatoms. The number of carbonyl (C=O) groups is 1. The maximum Gasteiger partial charge on any atom is 0.260 e. The number of nitrogens with zero attached hydrogens (tertiary/aromatic N) is 1. The average molecular weight is 261 g/mol. The molecule has 0 aromatic heterocycles. The molecule has 1 aliphatic heterocycles. The second-order valence-electron chi connectivity index (χ2n) is 5.22. The highest BCUT2D eigenvalue weighted by Crippen LogP contribution is 2.44. The molecule has 0 bridgehead atoms. The Hall–Kier alpha value is -1.71. The fourth-order valence-electron chi connectivity index (χ4n) is 2.68. The summed E-state index contributed by atoms with van der Waals surface area (Å²) < 4.78 is 11.1. The fraction of sp³-hybridized carbons (Fsp3) is 0.533. The summed E-state index contributed by atoms with van der Waals surface area (Å²) in [6, 6.07) is 7.47. The van der Waals surface area contributed by atoms with E-state index in [2.05, 4.69) is 0 Å². The highest BCUT2D eigenvalue weighted by Gasteiger charge is 2.46. The molecule has 1 amide bonds. The lowest BCUT2D eigenvalue weighted by Gasteiger charge is -2.18. The van der Waals surface area contributed by atoms with Crippen molar-refractivity contribution >= 4 is 5.91 Å². The quantitative estimate of drug-likeness (QED) is 0.813. The number of hydrogen-bond donors (Lipinski definition) is 0. The van der Waals surface area contributed by atoms with E-state index >= 15 is 0 Å². The number of para-hydroxylation sites is 2. The molecule has 19 heavy (non-hydrogen) atoms. The van der Waals surface area contributed by atoms with Crippen molar-refractivity contribution in [2.24, 2.45) is 11.8 Å². The van der Waals surface area contributed by atoms with Crippen LogP contribution >= 0.6 is 0 Å². The molecular formula is C15H19NO3. The lowest BCUT2D eigenvalue weighted by Crippen LogP contribution is -2.34. The smallest absolute Gasteiger partial charge is 0.260 e. The number of piperidine rings is 1. The van der Waals surface area contributed by atoms with Gasteiger partial charge in [-0.2, -0.15) is 0 Å². The lowest BCUT2D eigenvalue weighted by atomic mass is 10.3. The first-order chi connectivity index (χ1) is 9.28. The second-order valence-corrected chi connectivity index (χ2v) is 5.22. The van der Waals surface area contributed by atoms with E-state index in [9.17, 15) is 4.79 Å². The molecule has 1 aliphatic carbocycles. The van der Waals surface area contributed by atoms with Crippen LogP contribution in [0.1, 0.15) is 13.3 Å². The monoisotopic (exact) mass is 261 g/mol. The zero-order valence-corrected chi connectivity index (χ0v) is 11.2. The van der Waals surface area contributed by atoms with E-state index in [0.29, 0.717) is 18.1 Å². The molecule has 3 rings (SSSR count). The summed E-state index contributed by atoms with van der Waals surface area (Å²) in [5.74, 6) is 2.95. The van der Waals surface area contributed by atoms with Gasteiger partial charge in [-0.15, -0.1) is 0 Å². The van der Waals surface area contributed by atoms with Crippen LogP contribution in [0.3, 0.4) is 0 Å². The summed E-state index contributed by atoms with van der Waals surface area (Å²) in [4.78, 5) is 13.9. The van der Waals surface area contributed by atoms with Crippen molar-refractivity contribution in [2.45, 2.75) is 13.3 Å². The number of carbonyl (C=O) groups excluding carboxylic acids is 1. The Morgan fingerprint density at radius 3 is 2.47 bits per heavy atom. The number of rotatable bonds is 5. The Labute approximate surface area is 113 Å². The molecule has 2 unspecified atom stereocenters. The van der Waals surface area contributed by atoms with Gasteiger partial charge >= 0.3 is 0 Å². The average Bonchev–Trinajstić information content (AvgIpc) is 3.04. The van der Waals surface area contributed by atoms with E-state index in [0.717, 1.165) is 24.9 Å². The number of hydrogen-bond acceptors (Lipinski definition) is 3. The van der Waals surface area contributed by atoms with Crippen molar-refractivity contribution in [1.29, 1.82) is 0 Å². The van der Waals surface area contributed by atoms with E-state index in [1.807, 2.05) is 36.1 Å². The third-order valence-electron chi connectivity index (χ3n) is 3.83. The molecule has 1 saturated heterocycles. The van der Waals surface area contributed by atoms with Crippen molar-refractivity contribution in [3.63, 3.8) is 0 Å². The number of fused-ring (bicyclic) bond motifs is 1. The Morgan fingerprint density at radius 2 is 1.84 bits per heavy atom. The normalized spacial score (nSPS) is 23.9. The van der Waals surface area contributed by atoms with Gasteiger partial charge in [0.05, 0.1) is 6.61 Å². The minimum atomic E-state index is 0.0819. The molecule has 2 atom stereocenters. The SMILES string of the molecule is CCOc1ccccc1OCC(=O)N1CC2CC2C1. The van der Waals surface area contributed by atoms with Crippen LogP contribution in [-0.4, -0.2) is 37.1 Å². The van der Waals surface area contributed by atoms with E-state index in [1.54, 1.807) is 0 Å². The van der Waals surface area contributed by atoms with E-state index < -0.39 is 0 Å². The minimum Gasteiger partial charge on any atom is -0.490 e. The van der Waals surface area contributed by atoms with Gasteiger partial charge in [-0.05, 0) is 37.3 Å². The van der Waals surface area contributed by atoms with Crippen molar-refractivity contribution in [3.8, 4) is 11.5 Å². The highest BCUT2D eigenvalue weighted by molar-refractivity contribution is 5.78. The Bertz CT molecular complexity index is 464. The maximum atomic E-state index is 12.0. The second kappa shape index (κ2) is 5.11. The third kappa shape index (κ3) is 2.67. The van der Waals surface area contributed by atoms with E-state index in [4.69, 9.17) is 9.47 Å². The maximum absolute atomic E-state index is 12.0. The van der Waals surface area contributed by atoms with Crippen LogP contribution in [0.5, 0.6) is 11.5 Å². The Kier molecular flexibility index (Phi) is 3.32. The molecule has 1 aromatic carbocycles. The van der Waals surface area contributed by atoms with Gasteiger partial charge in [0.1, 0.15) is 0 Å². The molecule has 1 heterocycles. The van der Waals surface area contributed by atoms with Crippen molar-refractivity contribution in [1.82, 2.24) is 4.90 Å². The molecule has 4 nitrogen and oxygen atoms in total. The largest absolute Gasteiger partial charge is 0.490 e. The van der Waals surface area contributed by atoms with Gasteiger partial charge in [-0.1, -0.05) is 12.1 Å². The van der Waals surface area contributed by atoms with E-state index in [-0.39, 0.29) is 12.5 Å². The van der Waals surface area contributed by atoms with Gasteiger partial charge in [0.25, 0.3) is 5.91 Å². The summed E-state index contributed by atoms with van der Waals surface area (Å²) >= 11 is 0. The van der Waals surface area contributed by atoms with Crippen LogP contribution < -0.4 is 9.47 Å². The summed E-state index contributed by atoms with van der Waals surface area (Å²) in [5, 5.41) is 0. The number of likely N-dealkylation sites (tertiary alicyclic amines) is 1. The van der Waals surface area contributed by atoms with Crippen molar-refractivity contribution in [2.75, 3.05) is 26.3 Å². The van der Waals surface area contributed by atoms with Crippen molar-refractivity contribution < 1.29 is 14.3 Å². The molecule has 1 aromatic rings. The van der Waals surface area contributed by atoms with Gasteiger partial charge < -0.3 is 14.4 Å². The summed E-state index contributed by atoms with van der Waals surface area (Å²) in [5.41, 5.74) is 0. The fourth-order valence-corrected chi connectivity index (χ4v) is 2.68. The zero-order chi connectivity index (χ0) is 13.2. The predicted octanol–water partition coefficient (Wildman–Crippen LogP) is 1.94. The van der Waals surface area contributed by atoms with Crippen molar-refractivity contribution in [3.05, 3.63) is 24.3 Å². The molecule has 0 spiro atoms. The molecule has 0 N–H and O–H groups in total. The van der Waals surface area contributed by atoms with Crippen LogP contribution in [0.2, 0.25) is 0 Å². The molecule has 102 valence electrons.